The molecule has 0 aromatic carbocycles. The molecule has 0 saturated carbocycles. The number of alkyl halides is 3. The van der Waals surface area contributed by atoms with Crippen molar-refractivity contribution in [2.24, 2.45) is 0 Å². The lowest BCUT2D eigenvalue weighted by atomic mass is 10.0. The first-order valence-corrected chi connectivity index (χ1v) is 4.92. The van der Waals surface area contributed by atoms with Crippen molar-refractivity contribution in [3.05, 3.63) is 0 Å². The predicted molar refractivity (Wildman–Crippen MR) is 49.5 cm³/mol. The van der Waals surface area contributed by atoms with Crippen molar-refractivity contribution in [2.75, 3.05) is 13.6 Å². The number of amides is 2. The van der Waals surface area contributed by atoms with Gasteiger partial charge in [0.1, 0.15) is 0 Å². The second-order valence-corrected chi connectivity index (χ2v) is 3.70. The molecule has 0 aromatic rings. The van der Waals surface area contributed by atoms with Gasteiger partial charge < -0.3 is 5.32 Å². The molecule has 0 bridgehead atoms. The molecule has 1 atom stereocenters. The summed E-state index contributed by atoms with van der Waals surface area (Å²) in [5.74, 6) is -0.753. The van der Waals surface area contributed by atoms with Crippen molar-refractivity contribution in [1.29, 1.82) is 0 Å². The van der Waals surface area contributed by atoms with E-state index in [0.717, 1.165) is 4.90 Å². The second kappa shape index (κ2) is 4.82. The number of nitrogens with one attached hydrogen (secondary N) is 1. The van der Waals surface area contributed by atoms with Crippen LogP contribution in [-0.2, 0) is 9.59 Å². The predicted octanol–water partition coefficient (Wildman–Crippen LogP) is 0.676. The molecule has 1 N–H and O–H groups in total. The summed E-state index contributed by atoms with van der Waals surface area (Å²) >= 11 is 0. The van der Waals surface area contributed by atoms with Gasteiger partial charge in [0.25, 0.3) is 0 Å². The van der Waals surface area contributed by atoms with Crippen molar-refractivity contribution >= 4 is 11.8 Å². The number of hydrogen-bond donors (Lipinski definition) is 1. The van der Waals surface area contributed by atoms with Gasteiger partial charge in [-0.05, 0) is 6.42 Å². The molecule has 2 amide bonds. The van der Waals surface area contributed by atoms with Crippen LogP contribution in [0.25, 0.3) is 0 Å². The molecule has 1 fully saturated rings. The van der Waals surface area contributed by atoms with E-state index in [0.29, 0.717) is 0 Å². The third-order valence-electron chi connectivity index (χ3n) is 2.45. The third-order valence-corrected chi connectivity index (χ3v) is 2.45. The molecular weight excluding hydrogens is 225 g/mol. The highest BCUT2D eigenvalue weighted by Crippen LogP contribution is 2.19. The fourth-order valence-electron chi connectivity index (χ4n) is 1.49. The number of piperidine rings is 1. The number of likely N-dealkylation sites (N-methyl/N-ethyl adjacent to an activating group) is 1. The Labute approximate surface area is 90.8 Å². The molecule has 1 saturated heterocycles. The van der Waals surface area contributed by atoms with Gasteiger partial charge in [0.2, 0.25) is 11.8 Å². The van der Waals surface area contributed by atoms with E-state index in [1.54, 1.807) is 0 Å². The van der Waals surface area contributed by atoms with E-state index in [4.69, 9.17) is 0 Å². The van der Waals surface area contributed by atoms with Crippen LogP contribution in [0.3, 0.4) is 0 Å². The molecule has 1 rings (SSSR count). The van der Waals surface area contributed by atoms with Gasteiger partial charge in [0, 0.05) is 20.0 Å². The van der Waals surface area contributed by atoms with Gasteiger partial charge in [0.05, 0.1) is 12.5 Å². The first-order valence-electron chi connectivity index (χ1n) is 4.92. The Hall–Kier alpha value is -1.11. The second-order valence-electron chi connectivity index (χ2n) is 3.70. The van der Waals surface area contributed by atoms with Crippen LogP contribution in [0.4, 0.5) is 13.2 Å². The summed E-state index contributed by atoms with van der Waals surface area (Å²) in [6, 6.07) is -0.676. The van der Waals surface area contributed by atoms with Crippen molar-refractivity contribution in [2.45, 2.75) is 31.5 Å². The van der Waals surface area contributed by atoms with E-state index in [1.165, 1.54) is 7.05 Å². The maximum atomic E-state index is 11.9. The molecule has 1 unspecified atom stereocenters. The number of rotatable bonds is 3. The quantitative estimate of drug-likeness (QED) is 0.735. The zero-order chi connectivity index (χ0) is 12.3. The van der Waals surface area contributed by atoms with Gasteiger partial charge in [0.15, 0.2) is 0 Å². The summed E-state index contributed by atoms with van der Waals surface area (Å²) in [6.07, 6.45) is -4.76. The SMILES string of the molecule is CN1C(=O)CCC(NCCC(F)(F)F)C1=O. The van der Waals surface area contributed by atoms with E-state index < -0.39 is 24.5 Å². The smallest absolute Gasteiger partial charge is 0.306 e. The number of carbonyl (C=O) groups is 2. The topological polar surface area (TPSA) is 49.4 Å². The largest absolute Gasteiger partial charge is 0.390 e. The zero-order valence-corrected chi connectivity index (χ0v) is 8.80. The van der Waals surface area contributed by atoms with Gasteiger partial charge in [-0.2, -0.15) is 13.2 Å². The number of imide groups is 1. The van der Waals surface area contributed by atoms with Crippen LogP contribution >= 0.6 is 0 Å². The van der Waals surface area contributed by atoms with Crippen LogP contribution in [0.1, 0.15) is 19.3 Å². The number of hydrogen-bond acceptors (Lipinski definition) is 3. The monoisotopic (exact) mass is 238 g/mol. The molecular formula is C9H13F3N2O2. The molecule has 1 heterocycles. The third kappa shape index (κ3) is 3.48. The van der Waals surface area contributed by atoms with Crippen LogP contribution < -0.4 is 5.32 Å². The van der Waals surface area contributed by atoms with Crippen molar-refractivity contribution in [3.8, 4) is 0 Å². The van der Waals surface area contributed by atoms with E-state index in [-0.39, 0.29) is 25.3 Å². The van der Waals surface area contributed by atoms with Crippen molar-refractivity contribution in [3.63, 3.8) is 0 Å². The lowest BCUT2D eigenvalue weighted by Gasteiger charge is -2.28. The summed E-state index contributed by atoms with van der Waals surface area (Å²) in [4.78, 5) is 23.5. The van der Waals surface area contributed by atoms with Crippen LogP contribution in [-0.4, -0.2) is 42.5 Å². The molecule has 0 radical (unpaired) electrons. The van der Waals surface area contributed by atoms with E-state index in [9.17, 15) is 22.8 Å². The maximum Gasteiger partial charge on any atom is 0.390 e. The summed E-state index contributed by atoms with van der Waals surface area (Å²) < 4.78 is 35.6. The highest BCUT2D eigenvalue weighted by atomic mass is 19.4. The minimum absolute atomic E-state index is 0.186. The van der Waals surface area contributed by atoms with Crippen LogP contribution in [0, 0.1) is 0 Å². The van der Waals surface area contributed by atoms with Crippen LogP contribution in [0.2, 0.25) is 0 Å². The minimum Gasteiger partial charge on any atom is -0.306 e. The molecule has 0 spiro atoms. The lowest BCUT2D eigenvalue weighted by molar-refractivity contribution is -0.149. The fraction of sp³-hybridized carbons (Fsp3) is 0.778. The highest BCUT2D eigenvalue weighted by molar-refractivity contribution is 6.00. The van der Waals surface area contributed by atoms with Gasteiger partial charge in [-0.1, -0.05) is 0 Å². The Bertz CT molecular complexity index is 291. The molecule has 0 aliphatic carbocycles. The maximum absolute atomic E-state index is 11.9. The molecule has 4 nitrogen and oxygen atoms in total. The summed E-state index contributed by atoms with van der Waals surface area (Å²) in [5.41, 5.74) is 0. The molecule has 0 aromatic heterocycles. The molecule has 16 heavy (non-hydrogen) atoms. The highest BCUT2D eigenvalue weighted by Gasteiger charge is 2.32. The molecule has 1 aliphatic rings. The Morgan fingerprint density at radius 1 is 1.44 bits per heavy atom. The number of carbonyl (C=O) groups excluding carboxylic acids is 2. The van der Waals surface area contributed by atoms with Crippen LogP contribution in [0.15, 0.2) is 0 Å². The Kier molecular flexibility index (Phi) is 3.90. The van der Waals surface area contributed by atoms with Gasteiger partial charge in [-0.15, -0.1) is 0 Å². The van der Waals surface area contributed by atoms with Gasteiger partial charge in [-0.25, -0.2) is 0 Å². The normalized spacial score (nSPS) is 22.8. The average Bonchev–Trinajstić information content (AvgIpc) is 2.16. The molecule has 1 aliphatic heterocycles. The average molecular weight is 238 g/mol. The van der Waals surface area contributed by atoms with Gasteiger partial charge >= 0.3 is 6.18 Å². The number of nitrogens with zero attached hydrogens (tertiary/aromatic N) is 1. The fourth-order valence-corrected chi connectivity index (χ4v) is 1.49. The first kappa shape index (κ1) is 13.0. The Morgan fingerprint density at radius 2 is 2.06 bits per heavy atom. The first-order chi connectivity index (χ1) is 7.31. The minimum atomic E-state index is -4.23. The van der Waals surface area contributed by atoms with Gasteiger partial charge in [-0.3, -0.25) is 14.5 Å². The number of likely N-dealkylation sites (tertiary alicyclic amines) is 1. The van der Waals surface area contributed by atoms with Crippen LogP contribution in [0.5, 0.6) is 0 Å². The summed E-state index contributed by atoms with van der Waals surface area (Å²) in [6.45, 7) is -0.304. The molecule has 7 heteroatoms. The Balaban J connectivity index is 2.38. The standard InChI is InChI=1S/C9H13F3N2O2/c1-14-7(15)3-2-6(8(14)16)13-5-4-9(10,11)12/h6,13H,2-5H2,1H3. The lowest BCUT2D eigenvalue weighted by Crippen LogP contribution is -2.51. The van der Waals surface area contributed by atoms with E-state index in [2.05, 4.69) is 5.32 Å². The summed E-state index contributed by atoms with van der Waals surface area (Å²) in [7, 11) is 1.34. The van der Waals surface area contributed by atoms with Crippen molar-refractivity contribution in [1.82, 2.24) is 10.2 Å². The Morgan fingerprint density at radius 3 is 2.62 bits per heavy atom. The van der Waals surface area contributed by atoms with E-state index >= 15 is 0 Å². The molecule has 92 valence electrons. The zero-order valence-electron chi connectivity index (χ0n) is 8.80. The number of halogens is 3. The van der Waals surface area contributed by atoms with Crippen molar-refractivity contribution < 1.29 is 22.8 Å². The van der Waals surface area contributed by atoms with E-state index in [1.807, 2.05) is 0 Å². The summed E-state index contributed by atoms with van der Waals surface area (Å²) in [5, 5.41) is 2.52.